The molecule has 0 saturated carbocycles. The molecule has 21 heavy (non-hydrogen) atoms. The molecule has 2 fully saturated rings. The van der Waals surface area contributed by atoms with Crippen LogP contribution in [-0.4, -0.2) is 47.7 Å². The Morgan fingerprint density at radius 2 is 2.19 bits per heavy atom. The van der Waals surface area contributed by atoms with Crippen molar-refractivity contribution in [3.05, 3.63) is 29.3 Å². The van der Waals surface area contributed by atoms with Gasteiger partial charge in [-0.1, -0.05) is 16.8 Å². The van der Waals surface area contributed by atoms with Gasteiger partial charge in [-0.25, -0.2) is 0 Å². The van der Waals surface area contributed by atoms with Crippen molar-refractivity contribution in [2.24, 2.45) is 10.9 Å². The van der Waals surface area contributed by atoms with Gasteiger partial charge in [-0.3, -0.25) is 4.90 Å². The number of fused-ring (bicyclic) bond motifs is 1. The topological polar surface area (TPSA) is 65.1 Å². The second-order valence-corrected chi connectivity index (χ2v) is 6.30. The van der Waals surface area contributed by atoms with Gasteiger partial charge in [0.2, 0.25) is 0 Å². The lowest BCUT2D eigenvalue weighted by atomic mass is 10.0. The molecule has 2 saturated heterocycles. The van der Waals surface area contributed by atoms with Gasteiger partial charge in [-0.2, -0.15) is 0 Å². The molecule has 5 nitrogen and oxygen atoms in total. The molecule has 2 aliphatic heterocycles. The summed E-state index contributed by atoms with van der Waals surface area (Å²) in [4.78, 5) is 5.01. The molecule has 0 amide bonds. The van der Waals surface area contributed by atoms with E-state index in [0.717, 1.165) is 29.9 Å². The molecule has 2 atom stereocenters. The molecule has 5 heteroatoms. The second-order valence-electron chi connectivity index (χ2n) is 6.30. The third kappa shape index (κ3) is 2.58. The Kier molecular flexibility index (Phi) is 3.76. The Bertz CT molecular complexity index is 557. The van der Waals surface area contributed by atoms with Gasteiger partial charge in [0.15, 0.2) is 5.84 Å². The molecule has 1 aromatic carbocycles. The van der Waals surface area contributed by atoms with Crippen LogP contribution >= 0.6 is 0 Å². The summed E-state index contributed by atoms with van der Waals surface area (Å²) >= 11 is 0. The molecular weight excluding hydrogens is 264 g/mol. The summed E-state index contributed by atoms with van der Waals surface area (Å²) in [6.07, 6.45) is 2.57. The average Bonchev–Trinajstić information content (AvgIpc) is 2.92. The molecule has 0 aromatic heterocycles. The number of anilines is 1. The van der Waals surface area contributed by atoms with Crippen LogP contribution in [0.2, 0.25) is 0 Å². The van der Waals surface area contributed by atoms with Crippen molar-refractivity contribution >= 4 is 11.5 Å². The summed E-state index contributed by atoms with van der Waals surface area (Å²) in [7, 11) is 0. The maximum atomic E-state index is 9.05. The van der Waals surface area contributed by atoms with Crippen molar-refractivity contribution in [2.75, 3.05) is 24.5 Å². The van der Waals surface area contributed by atoms with Crippen LogP contribution in [0.25, 0.3) is 0 Å². The summed E-state index contributed by atoms with van der Waals surface area (Å²) < 4.78 is 0. The number of amidine groups is 1. The van der Waals surface area contributed by atoms with Crippen LogP contribution in [0, 0.1) is 6.92 Å². The summed E-state index contributed by atoms with van der Waals surface area (Å²) in [5.74, 6) is 0.190. The van der Waals surface area contributed by atoms with Crippen LogP contribution in [0.15, 0.2) is 23.4 Å². The normalized spacial score (nSPS) is 27.0. The smallest absolute Gasteiger partial charge is 0.172 e. The molecule has 1 aromatic rings. The Morgan fingerprint density at radius 3 is 2.95 bits per heavy atom. The molecule has 2 unspecified atom stereocenters. The fourth-order valence-electron chi connectivity index (χ4n) is 3.68. The van der Waals surface area contributed by atoms with E-state index in [1.165, 1.54) is 19.4 Å². The average molecular weight is 288 g/mol. The van der Waals surface area contributed by atoms with Crippen molar-refractivity contribution in [1.29, 1.82) is 0 Å². The van der Waals surface area contributed by atoms with Gasteiger partial charge in [0.05, 0.1) is 0 Å². The minimum atomic E-state index is 0.190. The SMILES string of the molecule is Cc1ccc(N2CC3CCCN3CC2C)c(/C(N)=N/O)c1. The van der Waals surface area contributed by atoms with E-state index >= 15 is 0 Å². The number of nitrogens with two attached hydrogens (primary N) is 1. The lowest BCUT2D eigenvalue weighted by Crippen LogP contribution is -2.55. The molecule has 2 heterocycles. The van der Waals surface area contributed by atoms with Crippen LogP contribution in [0.1, 0.15) is 30.9 Å². The zero-order valence-electron chi connectivity index (χ0n) is 12.8. The fraction of sp³-hybridized carbons (Fsp3) is 0.562. The van der Waals surface area contributed by atoms with E-state index < -0.39 is 0 Å². The van der Waals surface area contributed by atoms with Gasteiger partial charge in [0.1, 0.15) is 0 Å². The lowest BCUT2D eigenvalue weighted by molar-refractivity contribution is 0.203. The standard InChI is InChI=1S/C16H24N4O/c1-11-5-6-15(14(8-11)16(17)18-21)20-10-13-4-3-7-19(13)9-12(20)2/h5-6,8,12-13,21H,3-4,7,9-10H2,1-2H3,(H2,17,18). The Hall–Kier alpha value is -1.75. The summed E-state index contributed by atoms with van der Waals surface area (Å²) in [6, 6.07) is 7.27. The molecule has 0 radical (unpaired) electrons. The minimum absolute atomic E-state index is 0.190. The molecule has 3 rings (SSSR count). The molecule has 0 spiro atoms. The summed E-state index contributed by atoms with van der Waals surface area (Å²) in [5.41, 5.74) is 8.91. The van der Waals surface area contributed by atoms with E-state index in [2.05, 4.69) is 34.0 Å². The van der Waals surface area contributed by atoms with Gasteiger partial charge in [0.25, 0.3) is 0 Å². The quantitative estimate of drug-likeness (QED) is 0.377. The number of nitrogens with zero attached hydrogens (tertiary/aromatic N) is 3. The number of rotatable bonds is 2. The predicted octanol–water partition coefficient (Wildman–Crippen LogP) is 1.76. The Labute approximate surface area is 126 Å². The van der Waals surface area contributed by atoms with Crippen molar-refractivity contribution in [3.63, 3.8) is 0 Å². The lowest BCUT2D eigenvalue weighted by Gasteiger charge is -2.44. The first-order valence-corrected chi connectivity index (χ1v) is 7.69. The first-order chi connectivity index (χ1) is 10.1. The number of hydrogen-bond donors (Lipinski definition) is 2. The van der Waals surface area contributed by atoms with E-state index in [1.807, 2.05) is 13.0 Å². The fourth-order valence-corrected chi connectivity index (χ4v) is 3.68. The van der Waals surface area contributed by atoms with Crippen molar-refractivity contribution in [2.45, 2.75) is 38.8 Å². The van der Waals surface area contributed by atoms with E-state index in [9.17, 15) is 0 Å². The highest BCUT2D eigenvalue weighted by Crippen LogP contribution is 2.31. The highest BCUT2D eigenvalue weighted by Gasteiger charge is 2.35. The number of piperazine rings is 1. The van der Waals surface area contributed by atoms with Gasteiger partial charge in [-0.05, 0) is 45.4 Å². The largest absolute Gasteiger partial charge is 0.409 e. The first-order valence-electron chi connectivity index (χ1n) is 7.69. The first kappa shape index (κ1) is 14.2. The van der Waals surface area contributed by atoms with Crippen LogP contribution in [0.5, 0.6) is 0 Å². The molecule has 3 N–H and O–H groups in total. The molecular formula is C16H24N4O. The maximum Gasteiger partial charge on any atom is 0.172 e. The third-order valence-electron chi connectivity index (χ3n) is 4.78. The highest BCUT2D eigenvalue weighted by atomic mass is 16.4. The minimum Gasteiger partial charge on any atom is -0.409 e. The monoisotopic (exact) mass is 288 g/mol. The second kappa shape index (κ2) is 5.56. The van der Waals surface area contributed by atoms with E-state index in [0.29, 0.717) is 12.1 Å². The van der Waals surface area contributed by atoms with E-state index in [1.54, 1.807) is 0 Å². The zero-order chi connectivity index (χ0) is 15.0. The highest BCUT2D eigenvalue weighted by molar-refractivity contribution is 6.02. The number of aryl methyl sites for hydroxylation is 1. The third-order valence-corrected chi connectivity index (χ3v) is 4.78. The van der Waals surface area contributed by atoms with Gasteiger partial charge in [0, 0.05) is 36.4 Å². The van der Waals surface area contributed by atoms with E-state index in [4.69, 9.17) is 10.9 Å². The van der Waals surface area contributed by atoms with Gasteiger partial charge < -0.3 is 15.8 Å². The predicted molar refractivity (Wildman–Crippen MR) is 85.1 cm³/mol. The Morgan fingerprint density at radius 1 is 1.38 bits per heavy atom. The van der Waals surface area contributed by atoms with Crippen molar-refractivity contribution < 1.29 is 5.21 Å². The van der Waals surface area contributed by atoms with E-state index in [-0.39, 0.29) is 5.84 Å². The van der Waals surface area contributed by atoms with Gasteiger partial charge >= 0.3 is 0 Å². The molecule has 114 valence electrons. The summed E-state index contributed by atoms with van der Waals surface area (Å²) in [5, 5.41) is 12.3. The van der Waals surface area contributed by atoms with Gasteiger partial charge in [-0.15, -0.1) is 0 Å². The van der Waals surface area contributed by atoms with Crippen molar-refractivity contribution in [3.8, 4) is 0 Å². The van der Waals surface area contributed by atoms with Crippen LogP contribution in [0.4, 0.5) is 5.69 Å². The number of oxime groups is 1. The van der Waals surface area contributed by atoms with Crippen LogP contribution in [-0.2, 0) is 0 Å². The Balaban J connectivity index is 1.95. The molecule has 2 aliphatic rings. The van der Waals surface area contributed by atoms with Crippen molar-refractivity contribution in [1.82, 2.24) is 4.90 Å². The summed E-state index contributed by atoms with van der Waals surface area (Å²) in [6.45, 7) is 7.62. The molecule has 0 bridgehead atoms. The molecule has 0 aliphatic carbocycles. The zero-order valence-corrected chi connectivity index (χ0v) is 12.8. The van der Waals surface area contributed by atoms with Crippen LogP contribution in [0.3, 0.4) is 0 Å². The number of benzene rings is 1. The number of hydrogen-bond acceptors (Lipinski definition) is 4. The maximum absolute atomic E-state index is 9.05. The van der Waals surface area contributed by atoms with Crippen LogP contribution < -0.4 is 10.6 Å².